The van der Waals surface area contributed by atoms with Crippen LogP contribution in [-0.2, 0) is 4.79 Å². The maximum atomic E-state index is 13.1. The van der Waals surface area contributed by atoms with Crippen molar-refractivity contribution >= 4 is 23.4 Å². The van der Waals surface area contributed by atoms with Gasteiger partial charge in [-0.15, -0.1) is 0 Å². The van der Waals surface area contributed by atoms with Crippen LogP contribution in [0.1, 0.15) is 5.56 Å². The Morgan fingerprint density at radius 3 is 2.38 bits per heavy atom. The number of carbonyl (C=O) groups excluding carboxylic acids is 1. The Morgan fingerprint density at radius 2 is 1.71 bits per heavy atom. The molecule has 0 atom stereocenters. The molecule has 0 aliphatic rings. The molecule has 0 bridgehead atoms. The second-order valence-corrected chi connectivity index (χ2v) is 4.44. The van der Waals surface area contributed by atoms with Gasteiger partial charge in [0.15, 0.2) is 0 Å². The fraction of sp³-hybridized carbons (Fsp3) is 0. The monoisotopic (exact) mass is 332 g/mol. The van der Waals surface area contributed by atoms with Crippen molar-refractivity contribution in [3.05, 3.63) is 80.1 Å². The van der Waals surface area contributed by atoms with Crippen molar-refractivity contribution in [1.82, 2.24) is 0 Å². The number of carbonyl (C=O) groups is 1. The topological polar surface area (TPSA) is 113 Å². The molecule has 2 rings (SSSR count). The van der Waals surface area contributed by atoms with Gasteiger partial charge in [0.25, 0.3) is 5.69 Å². The maximum Gasteiger partial charge on any atom is 0.336 e. The van der Waals surface area contributed by atoms with Crippen molar-refractivity contribution in [2.24, 2.45) is 0 Å². The van der Waals surface area contributed by atoms with Gasteiger partial charge in [-0.3, -0.25) is 20.2 Å². The van der Waals surface area contributed by atoms with Crippen LogP contribution in [0.4, 0.5) is 15.8 Å². The van der Waals surface area contributed by atoms with Gasteiger partial charge in [-0.2, -0.15) is 0 Å². The fourth-order valence-corrected chi connectivity index (χ4v) is 1.82. The van der Waals surface area contributed by atoms with Crippen LogP contribution in [0.3, 0.4) is 0 Å². The van der Waals surface area contributed by atoms with Gasteiger partial charge in [0.1, 0.15) is 5.82 Å². The summed E-state index contributed by atoms with van der Waals surface area (Å²) in [4.78, 5) is 31.9. The Bertz CT molecular complexity index is 850. The number of para-hydroxylation sites is 1. The van der Waals surface area contributed by atoms with E-state index < -0.39 is 33.1 Å². The number of rotatable bonds is 5. The maximum absolute atomic E-state index is 13.1. The van der Waals surface area contributed by atoms with Crippen molar-refractivity contribution in [2.45, 2.75) is 0 Å². The highest BCUT2D eigenvalue weighted by Crippen LogP contribution is 2.27. The summed E-state index contributed by atoms with van der Waals surface area (Å²) in [6.07, 6.45) is 1.99. The number of nitrogens with zero attached hydrogens (tertiary/aromatic N) is 2. The van der Waals surface area contributed by atoms with Gasteiger partial charge in [-0.25, -0.2) is 9.18 Å². The molecule has 0 radical (unpaired) electrons. The largest absolute Gasteiger partial charge is 0.416 e. The Balaban J connectivity index is 2.22. The van der Waals surface area contributed by atoms with Crippen LogP contribution >= 0.6 is 0 Å². The van der Waals surface area contributed by atoms with E-state index in [1.807, 2.05) is 0 Å². The molecule has 0 unspecified atom stereocenters. The van der Waals surface area contributed by atoms with Crippen molar-refractivity contribution in [2.75, 3.05) is 0 Å². The zero-order valence-electron chi connectivity index (χ0n) is 11.9. The minimum atomic E-state index is -1.04. The third-order valence-electron chi connectivity index (χ3n) is 2.86. The lowest BCUT2D eigenvalue weighted by Crippen LogP contribution is -2.06. The number of nitro groups is 2. The van der Waals surface area contributed by atoms with Gasteiger partial charge < -0.3 is 4.74 Å². The van der Waals surface area contributed by atoms with E-state index in [1.165, 1.54) is 24.3 Å². The number of hydrogen-bond acceptors (Lipinski definition) is 6. The first kappa shape index (κ1) is 16.7. The molecule has 9 heteroatoms. The molecule has 0 spiro atoms. The summed E-state index contributed by atoms with van der Waals surface area (Å²) in [5, 5.41) is 21.7. The van der Waals surface area contributed by atoms with Crippen molar-refractivity contribution in [1.29, 1.82) is 0 Å². The first-order valence-electron chi connectivity index (χ1n) is 6.45. The van der Waals surface area contributed by atoms with E-state index in [9.17, 15) is 29.4 Å². The van der Waals surface area contributed by atoms with Crippen LogP contribution in [0.2, 0.25) is 0 Å². The van der Waals surface area contributed by atoms with Crippen LogP contribution in [0.25, 0.3) is 6.08 Å². The summed E-state index contributed by atoms with van der Waals surface area (Å²) in [6, 6.07) is 8.09. The zero-order chi connectivity index (χ0) is 17.7. The van der Waals surface area contributed by atoms with Crippen LogP contribution in [0.5, 0.6) is 5.75 Å². The Labute approximate surface area is 134 Å². The summed E-state index contributed by atoms with van der Waals surface area (Å²) >= 11 is 0. The van der Waals surface area contributed by atoms with Gasteiger partial charge in [0, 0.05) is 24.3 Å². The van der Waals surface area contributed by atoms with E-state index in [0.717, 1.165) is 24.3 Å². The van der Waals surface area contributed by atoms with Gasteiger partial charge in [0.05, 0.1) is 15.4 Å². The molecule has 0 aliphatic carbocycles. The lowest BCUT2D eigenvalue weighted by Gasteiger charge is -2.02. The smallest absolute Gasteiger partial charge is 0.336 e. The second kappa shape index (κ2) is 7.09. The lowest BCUT2D eigenvalue weighted by atomic mass is 10.1. The molecule has 0 aromatic heterocycles. The van der Waals surface area contributed by atoms with Crippen LogP contribution in [0.15, 0.2) is 48.5 Å². The summed E-state index contributed by atoms with van der Waals surface area (Å²) < 4.78 is 17.9. The number of hydrogen-bond donors (Lipinski definition) is 0. The summed E-state index contributed by atoms with van der Waals surface area (Å²) in [5.41, 5.74) is -0.657. The Kier molecular flexibility index (Phi) is 4.95. The molecular weight excluding hydrogens is 323 g/mol. The highest BCUT2D eigenvalue weighted by molar-refractivity contribution is 5.90. The third-order valence-corrected chi connectivity index (χ3v) is 2.86. The molecule has 8 nitrogen and oxygen atoms in total. The average molecular weight is 332 g/mol. The molecule has 0 amide bonds. The quantitative estimate of drug-likeness (QED) is 0.273. The predicted molar refractivity (Wildman–Crippen MR) is 80.8 cm³/mol. The lowest BCUT2D eigenvalue weighted by molar-refractivity contribution is -0.385. The molecular formula is C15H9FN2O6. The molecule has 0 saturated heterocycles. The molecule has 122 valence electrons. The number of halogens is 1. The highest BCUT2D eigenvalue weighted by atomic mass is 19.1. The summed E-state index contributed by atoms with van der Waals surface area (Å²) in [6.45, 7) is 0. The SMILES string of the molecule is O=C(/C=C/c1ccccc1[N+](=O)[O-])Oc1cc(F)ccc1[N+](=O)[O-]. The number of esters is 1. The minimum Gasteiger partial charge on any atom is -0.416 e. The van der Waals surface area contributed by atoms with Gasteiger partial charge in [-0.05, 0) is 18.2 Å². The summed E-state index contributed by atoms with van der Waals surface area (Å²) in [5.74, 6) is -2.41. The summed E-state index contributed by atoms with van der Waals surface area (Å²) in [7, 11) is 0. The van der Waals surface area contributed by atoms with Crippen molar-refractivity contribution < 1.29 is 23.8 Å². The first-order valence-corrected chi connectivity index (χ1v) is 6.45. The standard InChI is InChI=1S/C15H9FN2O6/c16-11-6-7-13(18(22)23)14(9-11)24-15(19)8-5-10-3-1-2-4-12(10)17(20)21/h1-9H/b8-5+. The van der Waals surface area contributed by atoms with Crippen LogP contribution in [-0.4, -0.2) is 15.8 Å². The molecule has 2 aromatic rings. The minimum absolute atomic E-state index is 0.146. The second-order valence-electron chi connectivity index (χ2n) is 4.44. The number of ether oxygens (including phenoxy) is 1. The highest BCUT2D eigenvalue weighted by Gasteiger charge is 2.18. The van der Waals surface area contributed by atoms with Crippen LogP contribution < -0.4 is 4.74 Å². The molecule has 0 N–H and O–H groups in total. The average Bonchev–Trinajstić information content (AvgIpc) is 2.53. The van der Waals surface area contributed by atoms with Crippen molar-refractivity contribution in [3.63, 3.8) is 0 Å². The van der Waals surface area contributed by atoms with Gasteiger partial charge in [-0.1, -0.05) is 12.1 Å². The fourth-order valence-electron chi connectivity index (χ4n) is 1.82. The zero-order valence-corrected chi connectivity index (χ0v) is 11.9. The number of benzene rings is 2. The molecule has 0 heterocycles. The van der Waals surface area contributed by atoms with Crippen molar-refractivity contribution in [3.8, 4) is 5.75 Å². The van der Waals surface area contributed by atoms with Gasteiger partial charge in [0.2, 0.25) is 5.75 Å². The molecule has 2 aromatic carbocycles. The third kappa shape index (κ3) is 3.97. The predicted octanol–water partition coefficient (Wildman–Crippen LogP) is 3.26. The number of nitro benzene ring substituents is 2. The normalized spacial score (nSPS) is 10.5. The van der Waals surface area contributed by atoms with E-state index >= 15 is 0 Å². The molecule has 24 heavy (non-hydrogen) atoms. The van der Waals surface area contributed by atoms with E-state index in [1.54, 1.807) is 0 Å². The Hall–Kier alpha value is -3.62. The van der Waals surface area contributed by atoms with E-state index in [-0.39, 0.29) is 11.3 Å². The molecule has 0 aliphatic heterocycles. The molecule has 0 fully saturated rings. The van der Waals surface area contributed by atoms with E-state index in [2.05, 4.69) is 0 Å². The molecule has 0 saturated carbocycles. The van der Waals surface area contributed by atoms with E-state index in [0.29, 0.717) is 6.07 Å². The van der Waals surface area contributed by atoms with E-state index in [4.69, 9.17) is 4.74 Å². The van der Waals surface area contributed by atoms with Gasteiger partial charge >= 0.3 is 11.7 Å². The van der Waals surface area contributed by atoms with Crippen LogP contribution in [0, 0.1) is 26.0 Å². The Morgan fingerprint density at radius 1 is 1.04 bits per heavy atom. The first-order chi connectivity index (χ1) is 11.4.